The van der Waals surface area contributed by atoms with Gasteiger partial charge in [0.2, 0.25) is 0 Å². The highest BCUT2D eigenvalue weighted by Crippen LogP contribution is 2.32. The maximum Gasteiger partial charge on any atom is 0.256 e. The first kappa shape index (κ1) is 25.3. The zero-order chi connectivity index (χ0) is 26.2. The monoisotopic (exact) mass is 518 g/mol. The predicted molar refractivity (Wildman–Crippen MR) is 145 cm³/mol. The molecule has 2 aromatic rings. The van der Waals surface area contributed by atoms with Crippen LogP contribution in [-0.2, 0) is 17.7 Å². The Hall–Kier alpha value is -2.94. The minimum atomic E-state index is -0.675. The van der Waals surface area contributed by atoms with Crippen LogP contribution in [0.2, 0.25) is 0 Å². The summed E-state index contributed by atoms with van der Waals surface area (Å²) in [4.78, 5) is 33.3. The first-order valence-electron chi connectivity index (χ1n) is 14.1. The van der Waals surface area contributed by atoms with E-state index in [2.05, 4.69) is 29.3 Å². The fourth-order valence-corrected chi connectivity index (χ4v) is 6.66. The third kappa shape index (κ3) is 4.70. The number of hydrogen-bond donors (Lipinski definition) is 2. The molecule has 4 aliphatic rings. The van der Waals surface area contributed by atoms with Crippen LogP contribution < -0.4 is 10.2 Å². The summed E-state index contributed by atoms with van der Waals surface area (Å²) in [5, 5.41) is 14.6. The van der Waals surface area contributed by atoms with Gasteiger partial charge in [-0.25, -0.2) is 0 Å². The molecule has 8 heteroatoms. The third-order valence-electron chi connectivity index (χ3n) is 8.83. The van der Waals surface area contributed by atoms with Gasteiger partial charge in [0, 0.05) is 44.3 Å². The van der Waals surface area contributed by atoms with Gasteiger partial charge in [-0.05, 0) is 61.9 Å². The number of carbonyl (C=O) groups excluding carboxylic acids is 2. The predicted octanol–water partition coefficient (Wildman–Crippen LogP) is 2.44. The maximum absolute atomic E-state index is 13.7. The zero-order valence-electron chi connectivity index (χ0n) is 22.1. The maximum atomic E-state index is 13.7. The van der Waals surface area contributed by atoms with Crippen LogP contribution in [0, 0.1) is 0 Å². The first-order chi connectivity index (χ1) is 18.5. The molecule has 4 heterocycles. The number of amides is 2. The molecule has 0 radical (unpaired) electrons. The summed E-state index contributed by atoms with van der Waals surface area (Å²) >= 11 is 0. The van der Waals surface area contributed by atoms with Gasteiger partial charge in [-0.1, -0.05) is 24.3 Å². The summed E-state index contributed by atoms with van der Waals surface area (Å²) in [5.74, 6) is -0.0528. The highest BCUT2D eigenvalue weighted by molar-refractivity contribution is 6.03. The number of aliphatic hydroxyl groups is 1. The van der Waals surface area contributed by atoms with Gasteiger partial charge in [0.05, 0.1) is 42.7 Å². The molecule has 2 aromatic carbocycles. The molecule has 2 N–H and O–H groups in total. The Morgan fingerprint density at radius 1 is 1.08 bits per heavy atom. The number of morpholine rings is 1. The number of benzene rings is 2. The van der Waals surface area contributed by atoms with E-state index in [1.165, 1.54) is 11.1 Å². The molecule has 202 valence electrons. The van der Waals surface area contributed by atoms with E-state index in [0.717, 1.165) is 44.5 Å². The van der Waals surface area contributed by atoms with Crippen LogP contribution in [0.25, 0.3) is 0 Å². The number of piperidine rings is 1. The number of carbonyl (C=O) groups is 2. The molecule has 2 bridgehead atoms. The molecular formula is C30H38N4O4. The van der Waals surface area contributed by atoms with Crippen molar-refractivity contribution in [3.8, 4) is 0 Å². The van der Waals surface area contributed by atoms with E-state index in [-0.39, 0.29) is 36.5 Å². The summed E-state index contributed by atoms with van der Waals surface area (Å²) in [6, 6.07) is 14.0. The van der Waals surface area contributed by atoms with Gasteiger partial charge in [-0.2, -0.15) is 0 Å². The van der Waals surface area contributed by atoms with Crippen molar-refractivity contribution in [1.82, 2.24) is 15.1 Å². The number of fused-ring (bicyclic) bond motifs is 4. The van der Waals surface area contributed by atoms with Crippen LogP contribution in [0.4, 0.5) is 5.69 Å². The number of rotatable bonds is 5. The number of likely N-dealkylation sites (N-methyl/N-ethyl adjacent to an activating group) is 1. The Kier molecular flexibility index (Phi) is 7.12. The summed E-state index contributed by atoms with van der Waals surface area (Å²) in [6.07, 6.45) is 3.16. The normalized spacial score (nSPS) is 25.9. The Morgan fingerprint density at radius 2 is 1.82 bits per heavy atom. The van der Waals surface area contributed by atoms with Gasteiger partial charge < -0.3 is 29.9 Å². The minimum Gasteiger partial charge on any atom is -0.390 e. The summed E-state index contributed by atoms with van der Waals surface area (Å²) in [5.41, 5.74) is 4.55. The van der Waals surface area contributed by atoms with Gasteiger partial charge in [-0.3, -0.25) is 9.59 Å². The molecule has 0 saturated carbocycles. The number of anilines is 1. The Morgan fingerprint density at radius 3 is 2.58 bits per heavy atom. The van der Waals surface area contributed by atoms with Crippen LogP contribution in [0.3, 0.4) is 0 Å². The van der Waals surface area contributed by atoms with Crippen LogP contribution in [0.5, 0.6) is 0 Å². The zero-order valence-corrected chi connectivity index (χ0v) is 22.1. The van der Waals surface area contributed by atoms with Crippen molar-refractivity contribution in [2.45, 2.75) is 63.4 Å². The second-order valence-corrected chi connectivity index (χ2v) is 11.1. The number of nitrogens with one attached hydrogen (secondary N) is 1. The standard InChI is InChI=1S/C30H38N4O4/c1-2-32-12-13-33(17-28(35)26-14-20-6-3-4-7-22(20)16-31-26)30(37)25-11-10-21(15-27(25)32)29(36)34-23-8-5-9-24(34)19-38-18-23/h3-4,6-7,10-11,15,23-24,26,28,31,35H,2,5,8-9,12-14,16-19H2,1H3/t23?,24?,26-,28+/m0/s1. The van der Waals surface area contributed by atoms with Crippen LogP contribution >= 0.6 is 0 Å². The lowest BCUT2D eigenvalue weighted by atomic mass is 9.92. The Bertz CT molecular complexity index is 1180. The van der Waals surface area contributed by atoms with Crippen LogP contribution in [0.15, 0.2) is 42.5 Å². The van der Waals surface area contributed by atoms with E-state index in [1.807, 2.05) is 29.2 Å². The molecule has 2 saturated heterocycles. The number of hydrogen-bond acceptors (Lipinski definition) is 6. The number of nitrogens with zero attached hydrogens (tertiary/aromatic N) is 3. The molecule has 2 amide bonds. The SMILES string of the molecule is CCN1CCN(C[C@@H](O)[C@@H]2Cc3ccccc3CN2)C(=O)c2ccc(C(=O)N3C4CCCC3COC4)cc21. The van der Waals surface area contributed by atoms with E-state index in [9.17, 15) is 14.7 Å². The largest absolute Gasteiger partial charge is 0.390 e. The van der Waals surface area contributed by atoms with Crippen molar-refractivity contribution in [2.24, 2.45) is 0 Å². The average Bonchev–Trinajstić information content (AvgIpc) is 3.07. The van der Waals surface area contributed by atoms with Crippen molar-refractivity contribution in [3.63, 3.8) is 0 Å². The van der Waals surface area contributed by atoms with Crippen molar-refractivity contribution in [2.75, 3.05) is 44.3 Å². The van der Waals surface area contributed by atoms with E-state index in [1.54, 1.807) is 11.0 Å². The average molecular weight is 519 g/mol. The van der Waals surface area contributed by atoms with Gasteiger partial charge in [0.1, 0.15) is 0 Å². The molecular weight excluding hydrogens is 480 g/mol. The lowest BCUT2D eigenvalue weighted by Crippen LogP contribution is -2.57. The topological polar surface area (TPSA) is 85.3 Å². The van der Waals surface area contributed by atoms with E-state index in [0.29, 0.717) is 37.4 Å². The molecule has 0 spiro atoms. The molecule has 2 unspecified atom stereocenters. The second kappa shape index (κ2) is 10.7. The van der Waals surface area contributed by atoms with E-state index >= 15 is 0 Å². The van der Waals surface area contributed by atoms with Crippen molar-refractivity contribution < 1.29 is 19.4 Å². The first-order valence-corrected chi connectivity index (χ1v) is 14.1. The summed E-state index contributed by atoms with van der Waals surface area (Å²) in [7, 11) is 0. The van der Waals surface area contributed by atoms with Gasteiger partial charge in [0.15, 0.2) is 0 Å². The quantitative estimate of drug-likeness (QED) is 0.633. The number of ether oxygens (including phenoxy) is 1. The van der Waals surface area contributed by atoms with Gasteiger partial charge >= 0.3 is 0 Å². The molecule has 0 aliphatic carbocycles. The van der Waals surface area contributed by atoms with E-state index in [4.69, 9.17) is 4.74 Å². The van der Waals surface area contributed by atoms with E-state index < -0.39 is 6.10 Å². The summed E-state index contributed by atoms with van der Waals surface area (Å²) in [6.45, 7) is 6.19. The molecule has 4 atom stereocenters. The van der Waals surface area contributed by atoms with Crippen LogP contribution in [0.1, 0.15) is 58.0 Å². The van der Waals surface area contributed by atoms with Gasteiger partial charge in [0.25, 0.3) is 11.8 Å². The summed E-state index contributed by atoms with van der Waals surface area (Å²) < 4.78 is 5.74. The fraction of sp³-hybridized carbons (Fsp3) is 0.533. The molecule has 2 fully saturated rings. The molecule has 0 aromatic heterocycles. The molecule has 8 nitrogen and oxygen atoms in total. The third-order valence-corrected chi connectivity index (χ3v) is 8.83. The molecule has 38 heavy (non-hydrogen) atoms. The van der Waals surface area contributed by atoms with Gasteiger partial charge in [-0.15, -0.1) is 0 Å². The second-order valence-electron chi connectivity index (χ2n) is 11.1. The minimum absolute atomic E-state index is 0.0366. The lowest BCUT2D eigenvalue weighted by molar-refractivity contribution is -0.0565. The number of aliphatic hydroxyl groups excluding tert-OH is 1. The molecule has 4 aliphatic heterocycles. The smallest absolute Gasteiger partial charge is 0.256 e. The Balaban J connectivity index is 1.20. The van der Waals surface area contributed by atoms with Crippen molar-refractivity contribution >= 4 is 17.5 Å². The van der Waals surface area contributed by atoms with Crippen LogP contribution in [-0.4, -0.2) is 90.3 Å². The van der Waals surface area contributed by atoms with Crippen molar-refractivity contribution in [1.29, 1.82) is 0 Å². The molecule has 6 rings (SSSR count). The fourth-order valence-electron chi connectivity index (χ4n) is 6.66. The Labute approximate surface area is 224 Å². The van der Waals surface area contributed by atoms with Crippen molar-refractivity contribution in [3.05, 3.63) is 64.7 Å². The highest BCUT2D eigenvalue weighted by atomic mass is 16.5. The highest BCUT2D eigenvalue weighted by Gasteiger charge is 2.39. The lowest BCUT2D eigenvalue weighted by Gasteiger charge is -2.45. The number of β-amino-alcohol motifs (C(OH)–C–C–N with tert-alkyl or cyclic N) is 1.